The summed E-state index contributed by atoms with van der Waals surface area (Å²) in [6.45, 7) is 10.7. The minimum atomic E-state index is 0.133. The van der Waals surface area contributed by atoms with Crippen molar-refractivity contribution in [2.75, 3.05) is 11.4 Å². The molecule has 3 heteroatoms. The van der Waals surface area contributed by atoms with Crippen LogP contribution in [0, 0.1) is 0 Å². The minimum Gasteiger partial charge on any atom is -0.369 e. The first-order valence-electron chi connectivity index (χ1n) is 7.96. The molecule has 1 aromatic heterocycles. The van der Waals surface area contributed by atoms with E-state index in [1.807, 2.05) is 6.20 Å². The van der Waals surface area contributed by atoms with Gasteiger partial charge in [0, 0.05) is 36.6 Å². The maximum Gasteiger partial charge on any atom is 0.0562 e. The Hall–Kier alpha value is -1.09. The zero-order chi connectivity index (χ0) is 14.6. The lowest BCUT2D eigenvalue weighted by atomic mass is 10.1. The molecule has 0 saturated heterocycles. The van der Waals surface area contributed by atoms with Crippen LogP contribution in [0.3, 0.4) is 0 Å². The molecular weight excluding hydrogens is 246 g/mol. The van der Waals surface area contributed by atoms with Crippen LogP contribution >= 0.6 is 0 Å². The molecule has 1 aliphatic rings. The minimum absolute atomic E-state index is 0.133. The fourth-order valence-corrected chi connectivity index (χ4v) is 2.96. The van der Waals surface area contributed by atoms with E-state index in [0.717, 1.165) is 24.8 Å². The van der Waals surface area contributed by atoms with Gasteiger partial charge in [0.15, 0.2) is 0 Å². The second-order valence-electron chi connectivity index (χ2n) is 6.83. The largest absolute Gasteiger partial charge is 0.369 e. The molecule has 0 amide bonds. The van der Waals surface area contributed by atoms with Crippen molar-refractivity contribution in [1.82, 2.24) is 10.3 Å². The van der Waals surface area contributed by atoms with Gasteiger partial charge in [0.2, 0.25) is 0 Å². The number of anilines is 1. The second kappa shape index (κ2) is 6.57. The number of pyridine rings is 1. The van der Waals surface area contributed by atoms with Gasteiger partial charge in [-0.05, 0) is 52.7 Å². The molecule has 1 N–H and O–H groups in total. The lowest BCUT2D eigenvalue weighted by molar-refractivity contribution is 0.421. The summed E-state index contributed by atoms with van der Waals surface area (Å²) in [6.07, 6.45) is 7.39. The SMILES string of the molecule is CCN(c1ccnc(CNC(C)(C)C)c1)C1CCCC1. The lowest BCUT2D eigenvalue weighted by Crippen LogP contribution is -2.36. The fourth-order valence-electron chi connectivity index (χ4n) is 2.96. The summed E-state index contributed by atoms with van der Waals surface area (Å²) in [6, 6.07) is 5.13. The first kappa shape index (κ1) is 15.3. The van der Waals surface area contributed by atoms with Gasteiger partial charge in [0.25, 0.3) is 0 Å². The van der Waals surface area contributed by atoms with Crippen LogP contribution in [-0.2, 0) is 6.54 Å². The standard InChI is InChI=1S/C17H29N3/c1-5-20(15-8-6-7-9-15)16-10-11-18-14(12-16)13-19-17(2,3)4/h10-12,15,19H,5-9,13H2,1-4H3. The van der Waals surface area contributed by atoms with E-state index >= 15 is 0 Å². The summed E-state index contributed by atoms with van der Waals surface area (Å²) in [4.78, 5) is 7.05. The Bertz CT molecular complexity index is 416. The van der Waals surface area contributed by atoms with Crippen molar-refractivity contribution >= 4 is 5.69 Å². The lowest BCUT2D eigenvalue weighted by Gasteiger charge is -2.30. The van der Waals surface area contributed by atoms with E-state index < -0.39 is 0 Å². The van der Waals surface area contributed by atoms with E-state index in [4.69, 9.17) is 0 Å². The maximum absolute atomic E-state index is 4.50. The van der Waals surface area contributed by atoms with Crippen molar-refractivity contribution in [3.8, 4) is 0 Å². The van der Waals surface area contributed by atoms with Crippen LogP contribution in [-0.4, -0.2) is 23.1 Å². The van der Waals surface area contributed by atoms with Crippen LogP contribution in [0.25, 0.3) is 0 Å². The van der Waals surface area contributed by atoms with Crippen LogP contribution in [0.5, 0.6) is 0 Å². The molecule has 0 radical (unpaired) electrons. The zero-order valence-electron chi connectivity index (χ0n) is 13.4. The molecule has 0 aromatic carbocycles. The molecule has 0 unspecified atom stereocenters. The molecule has 112 valence electrons. The third-order valence-corrected chi connectivity index (χ3v) is 4.04. The molecular formula is C17H29N3. The Balaban J connectivity index is 2.07. The van der Waals surface area contributed by atoms with Gasteiger partial charge in [-0.3, -0.25) is 4.98 Å². The van der Waals surface area contributed by atoms with E-state index in [9.17, 15) is 0 Å². The molecule has 0 bridgehead atoms. The van der Waals surface area contributed by atoms with Crippen LogP contribution < -0.4 is 10.2 Å². The van der Waals surface area contributed by atoms with E-state index in [2.05, 4.69) is 55.0 Å². The van der Waals surface area contributed by atoms with Crippen molar-refractivity contribution in [2.24, 2.45) is 0 Å². The van der Waals surface area contributed by atoms with E-state index in [1.54, 1.807) is 0 Å². The predicted octanol–water partition coefficient (Wildman–Crippen LogP) is 3.74. The van der Waals surface area contributed by atoms with Crippen LogP contribution in [0.2, 0.25) is 0 Å². The van der Waals surface area contributed by atoms with Gasteiger partial charge in [0.05, 0.1) is 5.69 Å². The third kappa shape index (κ3) is 4.20. The number of hydrogen-bond acceptors (Lipinski definition) is 3. The summed E-state index contributed by atoms with van der Waals surface area (Å²) in [5.41, 5.74) is 2.60. The van der Waals surface area contributed by atoms with Crippen molar-refractivity contribution in [2.45, 2.75) is 71.5 Å². The smallest absolute Gasteiger partial charge is 0.0562 e. The van der Waals surface area contributed by atoms with Gasteiger partial charge >= 0.3 is 0 Å². The third-order valence-electron chi connectivity index (χ3n) is 4.04. The summed E-state index contributed by atoms with van der Waals surface area (Å²) in [5.74, 6) is 0. The van der Waals surface area contributed by atoms with Crippen molar-refractivity contribution in [1.29, 1.82) is 0 Å². The Morgan fingerprint density at radius 1 is 1.30 bits per heavy atom. The highest BCUT2D eigenvalue weighted by Gasteiger charge is 2.22. The molecule has 1 fully saturated rings. The average Bonchev–Trinajstić information content (AvgIpc) is 2.91. The molecule has 3 nitrogen and oxygen atoms in total. The highest BCUT2D eigenvalue weighted by Crippen LogP contribution is 2.28. The molecule has 0 aliphatic heterocycles. The second-order valence-corrected chi connectivity index (χ2v) is 6.83. The van der Waals surface area contributed by atoms with E-state index in [-0.39, 0.29) is 5.54 Å². The van der Waals surface area contributed by atoms with Gasteiger partial charge in [-0.1, -0.05) is 12.8 Å². The monoisotopic (exact) mass is 275 g/mol. The summed E-state index contributed by atoms with van der Waals surface area (Å²) >= 11 is 0. The summed E-state index contributed by atoms with van der Waals surface area (Å²) in [7, 11) is 0. The number of nitrogens with one attached hydrogen (secondary N) is 1. The highest BCUT2D eigenvalue weighted by atomic mass is 15.2. The number of hydrogen-bond donors (Lipinski definition) is 1. The van der Waals surface area contributed by atoms with E-state index in [0.29, 0.717) is 0 Å². The Morgan fingerprint density at radius 3 is 2.60 bits per heavy atom. The molecule has 0 spiro atoms. The Kier molecular flexibility index (Phi) is 5.03. The van der Waals surface area contributed by atoms with Crippen LogP contribution in [0.15, 0.2) is 18.3 Å². The van der Waals surface area contributed by atoms with Gasteiger partial charge in [-0.2, -0.15) is 0 Å². The molecule has 1 saturated carbocycles. The Morgan fingerprint density at radius 2 is 2.00 bits per heavy atom. The topological polar surface area (TPSA) is 28.2 Å². The van der Waals surface area contributed by atoms with E-state index in [1.165, 1.54) is 31.4 Å². The zero-order valence-corrected chi connectivity index (χ0v) is 13.4. The summed E-state index contributed by atoms with van der Waals surface area (Å²) < 4.78 is 0. The van der Waals surface area contributed by atoms with Gasteiger partial charge in [0.1, 0.15) is 0 Å². The number of rotatable bonds is 5. The molecule has 2 rings (SSSR count). The summed E-state index contributed by atoms with van der Waals surface area (Å²) in [5, 5.41) is 3.51. The van der Waals surface area contributed by atoms with Gasteiger partial charge in [-0.25, -0.2) is 0 Å². The van der Waals surface area contributed by atoms with Crippen LogP contribution in [0.4, 0.5) is 5.69 Å². The van der Waals surface area contributed by atoms with Crippen LogP contribution in [0.1, 0.15) is 59.1 Å². The maximum atomic E-state index is 4.50. The molecule has 1 heterocycles. The first-order chi connectivity index (χ1) is 9.49. The van der Waals surface area contributed by atoms with Gasteiger partial charge < -0.3 is 10.2 Å². The predicted molar refractivity (Wildman–Crippen MR) is 86.1 cm³/mol. The van der Waals surface area contributed by atoms with Crippen molar-refractivity contribution < 1.29 is 0 Å². The van der Waals surface area contributed by atoms with Gasteiger partial charge in [-0.15, -0.1) is 0 Å². The highest BCUT2D eigenvalue weighted by molar-refractivity contribution is 5.47. The molecule has 20 heavy (non-hydrogen) atoms. The molecule has 0 atom stereocenters. The normalized spacial score (nSPS) is 16.6. The van der Waals surface area contributed by atoms with Crippen molar-refractivity contribution in [3.63, 3.8) is 0 Å². The number of nitrogens with zero attached hydrogens (tertiary/aromatic N) is 2. The first-order valence-corrected chi connectivity index (χ1v) is 7.96. The molecule has 1 aromatic rings. The quantitative estimate of drug-likeness (QED) is 0.887. The van der Waals surface area contributed by atoms with Crippen molar-refractivity contribution in [3.05, 3.63) is 24.0 Å². The Labute approximate surface area is 123 Å². The average molecular weight is 275 g/mol. The number of aromatic nitrogens is 1. The molecule has 1 aliphatic carbocycles. The fraction of sp³-hybridized carbons (Fsp3) is 0.706.